The highest BCUT2D eigenvalue weighted by Crippen LogP contribution is 2.26. The molecule has 0 heterocycles. The van der Waals surface area contributed by atoms with Gasteiger partial charge >= 0.3 is 0 Å². The third-order valence-electron chi connectivity index (χ3n) is 3.18. The first-order chi connectivity index (χ1) is 11.7. The van der Waals surface area contributed by atoms with Gasteiger partial charge in [0.15, 0.2) is 0 Å². The SMILES string of the molecule is CC(=O)Nc1ccc(S(=O)(=O)N(CC(N)=O)c2ccc(Br)cc2)cc1. The third kappa shape index (κ3) is 4.80. The van der Waals surface area contributed by atoms with E-state index in [-0.39, 0.29) is 10.8 Å². The van der Waals surface area contributed by atoms with Crippen LogP contribution in [0.2, 0.25) is 0 Å². The van der Waals surface area contributed by atoms with Crippen molar-refractivity contribution < 1.29 is 18.0 Å². The minimum Gasteiger partial charge on any atom is -0.368 e. The first kappa shape index (κ1) is 18.9. The third-order valence-corrected chi connectivity index (χ3v) is 5.49. The average Bonchev–Trinajstić information content (AvgIpc) is 2.53. The van der Waals surface area contributed by atoms with E-state index < -0.39 is 22.5 Å². The van der Waals surface area contributed by atoms with Crippen molar-refractivity contribution in [2.45, 2.75) is 11.8 Å². The molecule has 0 spiro atoms. The second-order valence-corrected chi connectivity index (χ2v) is 7.94. The number of nitrogens with one attached hydrogen (secondary N) is 1. The molecule has 132 valence electrons. The zero-order chi connectivity index (χ0) is 18.6. The van der Waals surface area contributed by atoms with Crippen LogP contribution in [0.15, 0.2) is 57.9 Å². The Morgan fingerprint density at radius 3 is 2.12 bits per heavy atom. The number of halogens is 1. The molecule has 0 aliphatic rings. The lowest BCUT2D eigenvalue weighted by molar-refractivity contribution is -0.116. The maximum Gasteiger partial charge on any atom is 0.264 e. The molecule has 9 heteroatoms. The number of rotatable bonds is 6. The van der Waals surface area contributed by atoms with Gasteiger partial charge < -0.3 is 11.1 Å². The van der Waals surface area contributed by atoms with Crippen LogP contribution >= 0.6 is 15.9 Å². The minimum atomic E-state index is -4.00. The Morgan fingerprint density at radius 1 is 1.08 bits per heavy atom. The van der Waals surface area contributed by atoms with E-state index >= 15 is 0 Å². The van der Waals surface area contributed by atoms with Crippen molar-refractivity contribution in [3.63, 3.8) is 0 Å². The Bertz CT molecular complexity index is 881. The summed E-state index contributed by atoms with van der Waals surface area (Å²) in [5.74, 6) is -1.04. The molecule has 0 saturated heterocycles. The fourth-order valence-electron chi connectivity index (χ4n) is 2.10. The lowest BCUT2D eigenvalue weighted by Crippen LogP contribution is -2.38. The van der Waals surface area contributed by atoms with Crippen LogP contribution < -0.4 is 15.4 Å². The maximum atomic E-state index is 12.9. The number of primary amides is 1. The number of nitrogens with two attached hydrogens (primary N) is 1. The topological polar surface area (TPSA) is 110 Å². The van der Waals surface area contributed by atoms with Crippen molar-refractivity contribution in [1.29, 1.82) is 0 Å². The zero-order valence-corrected chi connectivity index (χ0v) is 15.7. The molecular formula is C16H16BrN3O4S. The molecule has 2 amide bonds. The van der Waals surface area contributed by atoms with Crippen LogP contribution in [0.3, 0.4) is 0 Å². The second kappa shape index (κ2) is 7.66. The Labute approximate surface area is 154 Å². The Hall–Kier alpha value is -2.39. The number of benzene rings is 2. The van der Waals surface area contributed by atoms with Gasteiger partial charge in [-0.25, -0.2) is 8.42 Å². The summed E-state index contributed by atoms with van der Waals surface area (Å²) < 4.78 is 27.5. The molecule has 0 radical (unpaired) electrons. The van der Waals surface area contributed by atoms with Crippen molar-refractivity contribution in [3.05, 3.63) is 53.0 Å². The summed E-state index contributed by atoms with van der Waals surface area (Å²) in [6, 6.07) is 12.1. The molecule has 25 heavy (non-hydrogen) atoms. The smallest absolute Gasteiger partial charge is 0.264 e. The van der Waals surface area contributed by atoms with E-state index in [9.17, 15) is 18.0 Å². The number of anilines is 2. The quantitative estimate of drug-likeness (QED) is 0.737. The van der Waals surface area contributed by atoms with Gasteiger partial charge in [-0.05, 0) is 48.5 Å². The molecule has 7 nitrogen and oxygen atoms in total. The second-order valence-electron chi connectivity index (χ2n) is 5.16. The molecule has 0 saturated carbocycles. The van der Waals surface area contributed by atoms with Crippen molar-refractivity contribution >= 4 is 49.1 Å². The fraction of sp³-hybridized carbons (Fsp3) is 0.125. The van der Waals surface area contributed by atoms with Crippen molar-refractivity contribution in [2.24, 2.45) is 5.73 Å². The molecule has 0 aromatic heterocycles. The molecule has 2 rings (SSSR count). The van der Waals surface area contributed by atoms with Gasteiger partial charge in [0, 0.05) is 17.1 Å². The van der Waals surface area contributed by atoms with Crippen LogP contribution in [0, 0.1) is 0 Å². The Balaban J connectivity index is 2.42. The monoisotopic (exact) mass is 425 g/mol. The molecule has 0 atom stereocenters. The number of carbonyl (C=O) groups is 2. The summed E-state index contributed by atoms with van der Waals surface area (Å²) in [7, 11) is -4.00. The molecule has 0 aliphatic heterocycles. The normalized spacial score (nSPS) is 11.0. The molecule has 0 unspecified atom stereocenters. The predicted molar refractivity (Wildman–Crippen MR) is 98.6 cm³/mol. The van der Waals surface area contributed by atoms with Gasteiger partial charge in [0.1, 0.15) is 6.54 Å². The molecule has 0 bridgehead atoms. The number of amides is 2. The summed E-state index contributed by atoms with van der Waals surface area (Å²) in [5, 5.41) is 2.56. The van der Waals surface area contributed by atoms with E-state index in [0.717, 1.165) is 8.78 Å². The van der Waals surface area contributed by atoms with E-state index in [1.807, 2.05) is 0 Å². The van der Waals surface area contributed by atoms with Gasteiger partial charge in [-0.15, -0.1) is 0 Å². The minimum absolute atomic E-state index is 0.0224. The van der Waals surface area contributed by atoms with E-state index in [4.69, 9.17) is 5.73 Å². The molecule has 0 fully saturated rings. The lowest BCUT2D eigenvalue weighted by Gasteiger charge is -2.23. The van der Waals surface area contributed by atoms with Crippen LogP contribution in [-0.4, -0.2) is 26.8 Å². The molecular weight excluding hydrogens is 410 g/mol. The lowest BCUT2D eigenvalue weighted by atomic mass is 10.3. The Kier molecular flexibility index (Phi) is 5.81. The largest absolute Gasteiger partial charge is 0.368 e. The van der Waals surface area contributed by atoms with Gasteiger partial charge in [0.2, 0.25) is 11.8 Å². The van der Waals surface area contributed by atoms with Gasteiger partial charge in [0.05, 0.1) is 10.6 Å². The summed E-state index contributed by atoms with van der Waals surface area (Å²) in [5.41, 5.74) is 5.99. The van der Waals surface area contributed by atoms with E-state index in [2.05, 4.69) is 21.2 Å². The number of sulfonamides is 1. The number of carbonyl (C=O) groups excluding carboxylic acids is 2. The molecule has 3 N–H and O–H groups in total. The highest BCUT2D eigenvalue weighted by atomic mass is 79.9. The average molecular weight is 426 g/mol. The highest BCUT2D eigenvalue weighted by molar-refractivity contribution is 9.10. The van der Waals surface area contributed by atoms with Crippen molar-refractivity contribution in [1.82, 2.24) is 0 Å². The summed E-state index contributed by atoms with van der Waals surface area (Å²) in [4.78, 5) is 22.4. The fourth-order valence-corrected chi connectivity index (χ4v) is 3.80. The van der Waals surface area contributed by atoms with E-state index in [1.165, 1.54) is 31.2 Å². The number of hydrogen-bond donors (Lipinski definition) is 2. The summed E-state index contributed by atoms with van der Waals surface area (Å²) >= 11 is 3.27. The Morgan fingerprint density at radius 2 is 1.64 bits per heavy atom. The van der Waals surface area contributed by atoms with E-state index in [1.54, 1.807) is 24.3 Å². The van der Waals surface area contributed by atoms with Gasteiger partial charge in [-0.1, -0.05) is 15.9 Å². The molecule has 2 aromatic rings. The maximum absolute atomic E-state index is 12.9. The number of nitrogens with zero attached hydrogens (tertiary/aromatic N) is 1. The van der Waals surface area contributed by atoms with Crippen LogP contribution in [0.4, 0.5) is 11.4 Å². The van der Waals surface area contributed by atoms with Gasteiger partial charge in [-0.2, -0.15) is 0 Å². The predicted octanol–water partition coefficient (Wildman–Crippen LogP) is 2.09. The molecule has 0 aliphatic carbocycles. The van der Waals surface area contributed by atoms with E-state index in [0.29, 0.717) is 11.4 Å². The van der Waals surface area contributed by atoms with Gasteiger partial charge in [-0.3, -0.25) is 13.9 Å². The standard InChI is InChI=1S/C16H16BrN3O4S/c1-11(21)19-13-4-8-15(9-5-13)25(23,24)20(10-16(18)22)14-6-2-12(17)3-7-14/h2-9H,10H2,1H3,(H2,18,22)(H,19,21). The summed E-state index contributed by atoms with van der Waals surface area (Å²) in [6.45, 7) is 0.865. The zero-order valence-electron chi connectivity index (χ0n) is 13.3. The first-order valence-electron chi connectivity index (χ1n) is 7.14. The summed E-state index contributed by atoms with van der Waals surface area (Å²) in [6.07, 6.45) is 0. The van der Waals surface area contributed by atoms with Crippen LogP contribution in [-0.2, 0) is 19.6 Å². The first-order valence-corrected chi connectivity index (χ1v) is 9.38. The van der Waals surface area contributed by atoms with Crippen LogP contribution in [0.5, 0.6) is 0 Å². The van der Waals surface area contributed by atoms with Crippen LogP contribution in [0.1, 0.15) is 6.92 Å². The molecule has 2 aromatic carbocycles. The van der Waals surface area contributed by atoms with Gasteiger partial charge in [0.25, 0.3) is 10.0 Å². The number of hydrogen-bond acceptors (Lipinski definition) is 4. The highest BCUT2D eigenvalue weighted by Gasteiger charge is 2.26. The van der Waals surface area contributed by atoms with Crippen molar-refractivity contribution in [2.75, 3.05) is 16.2 Å². The van der Waals surface area contributed by atoms with Crippen LogP contribution in [0.25, 0.3) is 0 Å². The van der Waals surface area contributed by atoms with Crippen molar-refractivity contribution in [3.8, 4) is 0 Å².